The first-order chi connectivity index (χ1) is 6.70. The fraction of sp³-hybridized carbons (Fsp3) is 0.111. The van der Waals surface area contributed by atoms with Gasteiger partial charge in [0.2, 0.25) is 5.28 Å². The molecule has 2 N–H and O–H groups in total. The number of halogens is 2. The van der Waals surface area contributed by atoms with Gasteiger partial charge in [0.25, 0.3) is 0 Å². The smallest absolute Gasteiger partial charge is 0.223 e. The van der Waals surface area contributed by atoms with Crippen LogP contribution in [0.15, 0.2) is 18.2 Å². The van der Waals surface area contributed by atoms with Crippen LogP contribution >= 0.6 is 11.6 Å². The summed E-state index contributed by atoms with van der Waals surface area (Å²) in [5.74, 6) is -0.352. The molecule has 2 aromatic rings. The van der Waals surface area contributed by atoms with E-state index in [1.54, 1.807) is 6.07 Å². The van der Waals surface area contributed by atoms with Crippen molar-refractivity contribution in [2.75, 3.05) is 0 Å². The Hall–Kier alpha value is -1.26. The van der Waals surface area contributed by atoms with Crippen LogP contribution in [0.25, 0.3) is 10.9 Å². The van der Waals surface area contributed by atoms with E-state index in [0.29, 0.717) is 11.2 Å². The Kier molecular flexibility index (Phi) is 2.31. The second-order valence-electron chi connectivity index (χ2n) is 2.80. The SMILES string of the molecule is NCc1nc(Cl)nc2cc(F)ccc12. The van der Waals surface area contributed by atoms with Crippen molar-refractivity contribution in [3.8, 4) is 0 Å². The lowest BCUT2D eigenvalue weighted by molar-refractivity contribution is 0.629. The molecule has 0 amide bonds. The first kappa shape index (κ1) is 9.30. The third kappa shape index (κ3) is 1.54. The van der Waals surface area contributed by atoms with Crippen LogP contribution in [-0.2, 0) is 6.54 Å². The molecule has 0 saturated heterocycles. The highest BCUT2D eigenvalue weighted by Crippen LogP contribution is 2.18. The second-order valence-corrected chi connectivity index (χ2v) is 3.14. The van der Waals surface area contributed by atoms with Crippen molar-refractivity contribution in [1.29, 1.82) is 0 Å². The van der Waals surface area contributed by atoms with Crippen LogP contribution < -0.4 is 5.73 Å². The second kappa shape index (κ2) is 3.48. The van der Waals surface area contributed by atoms with Crippen LogP contribution in [0, 0.1) is 5.82 Å². The summed E-state index contributed by atoms with van der Waals surface area (Å²) in [7, 11) is 0. The van der Waals surface area contributed by atoms with Gasteiger partial charge < -0.3 is 5.73 Å². The minimum Gasteiger partial charge on any atom is -0.325 e. The van der Waals surface area contributed by atoms with Crippen LogP contribution in [0.5, 0.6) is 0 Å². The Morgan fingerprint density at radius 1 is 1.36 bits per heavy atom. The minimum atomic E-state index is -0.352. The molecule has 0 aliphatic rings. The summed E-state index contributed by atoms with van der Waals surface area (Å²) in [6, 6.07) is 4.25. The van der Waals surface area contributed by atoms with Crippen molar-refractivity contribution in [1.82, 2.24) is 9.97 Å². The van der Waals surface area contributed by atoms with Crippen LogP contribution in [0.2, 0.25) is 5.28 Å². The van der Waals surface area contributed by atoms with E-state index in [1.165, 1.54) is 12.1 Å². The van der Waals surface area contributed by atoms with E-state index in [2.05, 4.69) is 9.97 Å². The van der Waals surface area contributed by atoms with Gasteiger partial charge in [-0.2, -0.15) is 0 Å². The van der Waals surface area contributed by atoms with Crippen molar-refractivity contribution in [2.45, 2.75) is 6.54 Å². The average Bonchev–Trinajstić information content (AvgIpc) is 2.15. The van der Waals surface area contributed by atoms with Crippen molar-refractivity contribution in [2.24, 2.45) is 5.73 Å². The van der Waals surface area contributed by atoms with E-state index in [-0.39, 0.29) is 17.6 Å². The van der Waals surface area contributed by atoms with E-state index in [4.69, 9.17) is 17.3 Å². The summed E-state index contributed by atoms with van der Waals surface area (Å²) in [4.78, 5) is 7.86. The molecule has 0 atom stereocenters. The first-order valence-corrected chi connectivity index (χ1v) is 4.40. The van der Waals surface area contributed by atoms with Gasteiger partial charge in [0.15, 0.2) is 0 Å². The number of nitrogens with two attached hydrogens (primary N) is 1. The topological polar surface area (TPSA) is 51.8 Å². The molecule has 1 heterocycles. The number of benzene rings is 1. The van der Waals surface area contributed by atoms with E-state index in [1.807, 2.05) is 0 Å². The molecule has 72 valence electrons. The summed E-state index contributed by atoms with van der Waals surface area (Å²) in [6.45, 7) is 0.254. The highest BCUT2D eigenvalue weighted by Gasteiger charge is 2.05. The van der Waals surface area contributed by atoms with Gasteiger partial charge in [0, 0.05) is 18.0 Å². The van der Waals surface area contributed by atoms with Crippen molar-refractivity contribution >= 4 is 22.5 Å². The standard InChI is InChI=1S/C9H7ClFN3/c10-9-13-7-3-5(11)1-2-6(7)8(4-12)14-9/h1-3H,4,12H2. The maximum atomic E-state index is 12.9. The number of hydrogen-bond acceptors (Lipinski definition) is 3. The van der Waals surface area contributed by atoms with Gasteiger partial charge in [0.05, 0.1) is 11.2 Å². The molecule has 1 aromatic heterocycles. The predicted octanol–water partition coefficient (Wildman–Crippen LogP) is 1.88. The molecular formula is C9H7ClFN3. The Labute approximate surface area is 84.7 Å². The summed E-state index contributed by atoms with van der Waals surface area (Å²) >= 11 is 5.65. The maximum Gasteiger partial charge on any atom is 0.223 e. The lowest BCUT2D eigenvalue weighted by Gasteiger charge is -2.03. The monoisotopic (exact) mass is 211 g/mol. The Bertz CT molecular complexity index is 481. The molecule has 3 nitrogen and oxygen atoms in total. The molecule has 5 heteroatoms. The van der Waals surface area contributed by atoms with Gasteiger partial charge >= 0.3 is 0 Å². The van der Waals surface area contributed by atoms with E-state index in [9.17, 15) is 4.39 Å². The quantitative estimate of drug-likeness (QED) is 0.733. The van der Waals surface area contributed by atoms with Gasteiger partial charge in [-0.05, 0) is 23.7 Å². The summed E-state index contributed by atoms with van der Waals surface area (Å²) in [5.41, 5.74) is 6.58. The summed E-state index contributed by atoms with van der Waals surface area (Å²) in [6.07, 6.45) is 0. The molecule has 0 radical (unpaired) electrons. The van der Waals surface area contributed by atoms with E-state index < -0.39 is 0 Å². The summed E-state index contributed by atoms with van der Waals surface area (Å²) < 4.78 is 12.9. The van der Waals surface area contributed by atoms with Gasteiger partial charge in [0.1, 0.15) is 5.82 Å². The zero-order valence-corrected chi connectivity index (χ0v) is 7.92. The molecule has 0 fully saturated rings. The Balaban J connectivity index is 2.81. The van der Waals surface area contributed by atoms with Crippen molar-refractivity contribution < 1.29 is 4.39 Å². The highest BCUT2D eigenvalue weighted by atomic mass is 35.5. The predicted molar refractivity (Wildman–Crippen MR) is 52.4 cm³/mol. The first-order valence-electron chi connectivity index (χ1n) is 4.02. The fourth-order valence-electron chi connectivity index (χ4n) is 1.29. The maximum absolute atomic E-state index is 12.9. The minimum absolute atomic E-state index is 0.0866. The molecule has 0 bridgehead atoms. The molecule has 0 aliphatic heterocycles. The zero-order valence-electron chi connectivity index (χ0n) is 7.17. The number of hydrogen-bond donors (Lipinski definition) is 1. The van der Waals surface area contributed by atoms with Gasteiger partial charge in [-0.3, -0.25) is 0 Å². The van der Waals surface area contributed by atoms with Gasteiger partial charge in [-0.25, -0.2) is 14.4 Å². The normalized spacial score (nSPS) is 10.8. The molecule has 0 aliphatic carbocycles. The number of aromatic nitrogens is 2. The number of rotatable bonds is 1. The van der Waals surface area contributed by atoms with Crippen molar-refractivity contribution in [3.63, 3.8) is 0 Å². The van der Waals surface area contributed by atoms with Crippen LogP contribution in [-0.4, -0.2) is 9.97 Å². The zero-order chi connectivity index (χ0) is 10.1. The number of fused-ring (bicyclic) bond motifs is 1. The van der Waals surface area contributed by atoms with Crippen LogP contribution in [0.1, 0.15) is 5.69 Å². The Morgan fingerprint density at radius 3 is 2.86 bits per heavy atom. The summed E-state index contributed by atoms with van der Waals surface area (Å²) in [5, 5.41) is 0.821. The largest absolute Gasteiger partial charge is 0.325 e. The molecule has 0 spiro atoms. The van der Waals surface area contributed by atoms with Crippen LogP contribution in [0.4, 0.5) is 4.39 Å². The molecule has 1 aromatic carbocycles. The Morgan fingerprint density at radius 2 is 2.14 bits per heavy atom. The van der Waals surface area contributed by atoms with Gasteiger partial charge in [-0.1, -0.05) is 0 Å². The highest BCUT2D eigenvalue weighted by molar-refractivity contribution is 6.28. The fourth-order valence-corrected chi connectivity index (χ4v) is 1.49. The lowest BCUT2D eigenvalue weighted by Crippen LogP contribution is -2.02. The lowest BCUT2D eigenvalue weighted by atomic mass is 10.2. The van der Waals surface area contributed by atoms with Crippen LogP contribution in [0.3, 0.4) is 0 Å². The van der Waals surface area contributed by atoms with E-state index in [0.717, 1.165) is 5.39 Å². The van der Waals surface area contributed by atoms with Gasteiger partial charge in [-0.15, -0.1) is 0 Å². The molecule has 0 unspecified atom stereocenters. The molecule has 2 rings (SSSR count). The third-order valence-corrected chi connectivity index (χ3v) is 2.07. The molecule has 0 saturated carbocycles. The van der Waals surface area contributed by atoms with E-state index >= 15 is 0 Å². The molecule has 14 heavy (non-hydrogen) atoms. The number of nitrogens with zero attached hydrogens (tertiary/aromatic N) is 2. The molecular weight excluding hydrogens is 205 g/mol. The average molecular weight is 212 g/mol. The van der Waals surface area contributed by atoms with Crippen molar-refractivity contribution in [3.05, 3.63) is 35.0 Å². The third-order valence-electron chi connectivity index (χ3n) is 1.90.